The number of alkyl halides is 3. The molecule has 1 heterocycles. The number of fused-ring (bicyclic) bond motifs is 1. The van der Waals surface area contributed by atoms with Crippen molar-refractivity contribution in [2.45, 2.75) is 25.6 Å². The van der Waals surface area contributed by atoms with Crippen molar-refractivity contribution in [3.8, 4) is 11.5 Å². The third-order valence-corrected chi connectivity index (χ3v) is 4.14. The zero-order valence-corrected chi connectivity index (χ0v) is 14.7. The van der Waals surface area contributed by atoms with Gasteiger partial charge in [0, 0.05) is 11.1 Å². The average molecular weight is 374 g/mol. The van der Waals surface area contributed by atoms with Gasteiger partial charge in [-0.25, -0.2) is 0 Å². The highest BCUT2D eigenvalue weighted by Crippen LogP contribution is 2.38. The van der Waals surface area contributed by atoms with E-state index in [-0.39, 0.29) is 11.3 Å². The van der Waals surface area contributed by atoms with E-state index in [0.717, 1.165) is 24.3 Å². The minimum Gasteiger partial charge on any atom is -0.507 e. The fourth-order valence-electron chi connectivity index (χ4n) is 2.68. The first kappa shape index (κ1) is 18.8. The Labute approximate surface area is 154 Å². The highest BCUT2D eigenvalue weighted by Gasteiger charge is 2.30. The van der Waals surface area contributed by atoms with Gasteiger partial charge in [0.15, 0.2) is 5.78 Å². The van der Waals surface area contributed by atoms with Crippen molar-refractivity contribution in [2.75, 3.05) is 0 Å². The minimum atomic E-state index is -4.45. The lowest BCUT2D eigenvalue weighted by molar-refractivity contribution is -0.137. The molecule has 2 aromatic rings. The highest BCUT2D eigenvalue weighted by molar-refractivity contribution is 6.07. The van der Waals surface area contributed by atoms with E-state index in [1.54, 1.807) is 18.2 Å². The van der Waals surface area contributed by atoms with E-state index < -0.39 is 23.1 Å². The number of hydrogen-bond donors (Lipinski definition) is 1. The van der Waals surface area contributed by atoms with Gasteiger partial charge in [-0.15, -0.1) is 0 Å². The third-order valence-electron chi connectivity index (χ3n) is 4.14. The number of phenolic OH excluding ortho intramolecular Hbond substituents is 1. The quantitative estimate of drug-likeness (QED) is 0.571. The van der Waals surface area contributed by atoms with E-state index >= 15 is 0 Å². The molecule has 27 heavy (non-hydrogen) atoms. The number of aromatic hydroxyl groups is 1. The van der Waals surface area contributed by atoms with Crippen LogP contribution in [0.25, 0.3) is 12.2 Å². The van der Waals surface area contributed by atoms with Crippen LogP contribution in [0, 0.1) is 0 Å². The first-order valence-electron chi connectivity index (χ1n) is 8.21. The lowest BCUT2D eigenvalue weighted by atomic mass is 9.99. The van der Waals surface area contributed by atoms with Gasteiger partial charge in [-0.1, -0.05) is 12.1 Å². The second kappa shape index (κ2) is 6.61. The molecule has 3 rings (SSSR count). The SMILES string of the molecule is CC1(C)C=Cc2c(ccc(/C=C/C(=O)c3ccc(C(F)(F)F)cc3)c2O)O1. The van der Waals surface area contributed by atoms with Crippen LogP contribution in [0.2, 0.25) is 0 Å². The zero-order valence-electron chi connectivity index (χ0n) is 14.7. The summed E-state index contributed by atoms with van der Waals surface area (Å²) in [5, 5.41) is 10.4. The number of hydrogen-bond acceptors (Lipinski definition) is 3. The van der Waals surface area contributed by atoms with Crippen LogP contribution in [0.15, 0.2) is 48.6 Å². The van der Waals surface area contributed by atoms with Gasteiger partial charge in [0.05, 0.1) is 11.1 Å². The van der Waals surface area contributed by atoms with Gasteiger partial charge in [-0.2, -0.15) is 13.2 Å². The number of carbonyl (C=O) groups is 1. The fraction of sp³-hybridized carbons (Fsp3) is 0.190. The van der Waals surface area contributed by atoms with Crippen molar-refractivity contribution < 1.29 is 27.8 Å². The number of phenols is 1. The van der Waals surface area contributed by atoms with Gasteiger partial charge < -0.3 is 9.84 Å². The van der Waals surface area contributed by atoms with Crippen molar-refractivity contribution in [2.24, 2.45) is 0 Å². The molecular weight excluding hydrogens is 357 g/mol. The third kappa shape index (κ3) is 4.05. The summed E-state index contributed by atoms with van der Waals surface area (Å²) in [4.78, 5) is 12.2. The van der Waals surface area contributed by atoms with Crippen LogP contribution in [0.4, 0.5) is 13.2 Å². The van der Waals surface area contributed by atoms with Gasteiger partial charge >= 0.3 is 6.18 Å². The molecule has 1 aliphatic rings. The van der Waals surface area contributed by atoms with Crippen molar-refractivity contribution >= 4 is 17.9 Å². The molecular formula is C21H17F3O3. The summed E-state index contributed by atoms with van der Waals surface area (Å²) < 4.78 is 43.5. The smallest absolute Gasteiger partial charge is 0.416 e. The molecule has 0 amide bonds. The van der Waals surface area contributed by atoms with Gasteiger partial charge in [-0.3, -0.25) is 4.79 Å². The van der Waals surface area contributed by atoms with Crippen molar-refractivity contribution in [1.82, 2.24) is 0 Å². The van der Waals surface area contributed by atoms with Crippen LogP contribution in [-0.4, -0.2) is 16.5 Å². The molecule has 0 atom stereocenters. The van der Waals surface area contributed by atoms with E-state index in [4.69, 9.17) is 4.74 Å². The first-order chi connectivity index (χ1) is 12.6. The zero-order chi connectivity index (χ0) is 19.8. The predicted octanol–water partition coefficient (Wildman–Crippen LogP) is 5.49. The van der Waals surface area contributed by atoms with Gasteiger partial charge in [0.1, 0.15) is 17.1 Å². The summed E-state index contributed by atoms with van der Waals surface area (Å²) in [6.45, 7) is 3.78. The molecule has 0 unspecified atom stereocenters. The Morgan fingerprint density at radius 2 is 1.78 bits per heavy atom. The minimum absolute atomic E-state index is 0.0317. The molecule has 3 nitrogen and oxygen atoms in total. The molecule has 0 aliphatic carbocycles. The Bertz CT molecular complexity index is 936. The number of allylic oxidation sites excluding steroid dienone is 1. The lowest BCUT2D eigenvalue weighted by Gasteiger charge is -2.28. The topological polar surface area (TPSA) is 46.5 Å². The highest BCUT2D eigenvalue weighted by atomic mass is 19.4. The molecule has 6 heteroatoms. The molecule has 0 saturated heterocycles. The molecule has 1 N–H and O–H groups in total. The van der Waals surface area contributed by atoms with E-state index in [0.29, 0.717) is 16.9 Å². The first-order valence-corrected chi connectivity index (χ1v) is 8.21. The molecule has 0 saturated carbocycles. The Morgan fingerprint density at radius 3 is 2.41 bits per heavy atom. The summed E-state index contributed by atoms with van der Waals surface area (Å²) in [6, 6.07) is 7.28. The molecule has 1 aliphatic heterocycles. The summed E-state index contributed by atoms with van der Waals surface area (Å²) in [6.07, 6.45) is 1.75. The van der Waals surface area contributed by atoms with Crippen LogP contribution in [0.3, 0.4) is 0 Å². The number of ketones is 1. The van der Waals surface area contributed by atoms with Gasteiger partial charge in [0.25, 0.3) is 0 Å². The van der Waals surface area contributed by atoms with Crippen LogP contribution in [-0.2, 0) is 6.18 Å². The number of ether oxygens (including phenoxy) is 1. The van der Waals surface area contributed by atoms with Crippen LogP contribution < -0.4 is 4.74 Å². The van der Waals surface area contributed by atoms with Gasteiger partial charge in [-0.05, 0) is 62.4 Å². The number of benzene rings is 2. The Hall–Kier alpha value is -3.02. The van der Waals surface area contributed by atoms with E-state index in [2.05, 4.69) is 0 Å². The van der Waals surface area contributed by atoms with Crippen molar-refractivity contribution in [3.05, 3.63) is 70.8 Å². The monoisotopic (exact) mass is 374 g/mol. The molecule has 0 radical (unpaired) electrons. The van der Waals surface area contributed by atoms with Gasteiger partial charge in [0.2, 0.25) is 0 Å². The largest absolute Gasteiger partial charge is 0.507 e. The molecule has 0 aromatic heterocycles. The average Bonchev–Trinajstić information content (AvgIpc) is 2.59. The Kier molecular flexibility index (Phi) is 4.59. The summed E-state index contributed by atoms with van der Waals surface area (Å²) >= 11 is 0. The lowest BCUT2D eigenvalue weighted by Crippen LogP contribution is -2.27. The summed E-state index contributed by atoms with van der Waals surface area (Å²) in [5.74, 6) is 0.0377. The summed E-state index contributed by atoms with van der Waals surface area (Å²) in [5.41, 5.74) is -0.248. The maximum atomic E-state index is 12.6. The van der Waals surface area contributed by atoms with E-state index in [9.17, 15) is 23.1 Å². The van der Waals surface area contributed by atoms with Crippen molar-refractivity contribution in [1.29, 1.82) is 0 Å². The molecule has 0 bridgehead atoms. The number of halogens is 3. The number of rotatable bonds is 3. The maximum absolute atomic E-state index is 12.6. The standard InChI is InChI=1S/C21H17F3O3/c1-20(2)12-11-16-18(27-20)10-6-14(19(16)26)5-9-17(25)13-3-7-15(8-4-13)21(22,23)24/h3-12,26H,1-2H3/b9-5+. The second-order valence-electron chi connectivity index (χ2n) is 6.73. The maximum Gasteiger partial charge on any atom is 0.416 e. The molecule has 0 fully saturated rings. The van der Waals surface area contributed by atoms with Crippen LogP contribution in [0.5, 0.6) is 11.5 Å². The van der Waals surface area contributed by atoms with Crippen LogP contribution >= 0.6 is 0 Å². The normalized spacial score (nSPS) is 15.4. The Balaban J connectivity index is 1.81. The number of carbonyl (C=O) groups excluding carboxylic acids is 1. The molecule has 2 aromatic carbocycles. The molecule has 140 valence electrons. The Morgan fingerprint density at radius 1 is 1.11 bits per heavy atom. The van der Waals surface area contributed by atoms with E-state index in [1.165, 1.54) is 12.2 Å². The van der Waals surface area contributed by atoms with Crippen molar-refractivity contribution in [3.63, 3.8) is 0 Å². The predicted molar refractivity (Wildman–Crippen MR) is 96.7 cm³/mol. The van der Waals surface area contributed by atoms with Crippen LogP contribution in [0.1, 0.15) is 40.9 Å². The fourth-order valence-corrected chi connectivity index (χ4v) is 2.68. The summed E-state index contributed by atoms with van der Waals surface area (Å²) in [7, 11) is 0. The molecule has 0 spiro atoms. The van der Waals surface area contributed by atoms with E-state index in [1.807, 2.05) is 19.9 Å². The second-order valence-corrected chi connectivity index (χ2v) is 6.73.